The second kappa shape index (κ2) is 12.6. The summed E-state index contributed by atoms with van der Waals surface area (Å²) < 4.78 is 5.18. The van der Waals surface area contributed by atoms with Crippen molar-refractivity contribution in [2.75, 3.05) is 0 Å². The van der Waals surface area contributed by atoms with E-state index in [2.05, 4.69) is 6.92 Å². The van der Waals surface area contributed by atoms with Crippen LogP contribution in [0.4, 0.5) is 0 Å². The highest BCUT2D eigenvalue weighted by Crippen LogP contribution is 2.30. The van der Waals surface area contributed by atoms with Crippen LogP contribution >= 0.6 is 0 Å². The second-order valence-corrected chi connectivity index (χ2v) is 6.89. The SMILES string of the molecule is C/C=C/C[C@H]1C(=O)O[C@@H]1C[C@H](O)CCCCCCCCCCC. The average Bonchev–Trinajstić information content (AvgIpc) is 2.53. The Morgan fingerprint density at radius 2 is 1.70 bits per heavy atom. The number of cyclic esters (lactones) is 1. The number of carbonyl (C=O) groups excluding carboxylic acids is 1. The molecule has 1 heterocycles. The lowest BCUT2D eigenvalue weighted by Crippen LogP contribution is -2.46. The van der Waals surface area contributed by atoms with Gasteiger partial charge in [0, 0.05) is 6.42 Å². The lowest BCUT2D eigenvalue weighted by atomic mass is 9.88. The van der Waals surface area contributed by atoms with E-state index < -0.39 is 0 Å². The normalized spacial score (nSPS) is 22.1. The number of carbonyl (C=O) groups is 1. The van der Waals surface area contributed by atoms with Gasteiger partial charge in [0.15, 0.2) is 0 Å². The number of unbranched alkanes of at least 4 members (excludes halogenated alkanes) is 8. The number of aliphatic hydroxyl groups excluding tert-OH is 1. The first-order valence-electron chi connectivity index (χ1n) is 9.68. The van der Waals surface area contributed by atoms with E-state index in [0.29, 0.717) is 6.42 Å². The maximum Gasteiger partial charge on any atom is 0.313 e. The molecule has 134 valence electrons. The van der Waals surface area contributed by atoms with Gasteiger partial charge in [-0.1, -0.05) is 76.9 Å². The minimum Gasteiger partial charge on any atom is -0.461 e. The fraction of sp³-hybridized carbons (Fsp3) is 0.850. The zero-order valence-corrected chi connectivity index (χ0v) is 15.1. The zero-order chi connectivity index (χ0) is 16.9. The van der Waals surface area contributed by atoms with Gasteiger partial charge in [0.2, 0.25) is 0 Å². The van der Waals surface area contributed by atoms with Crippen LogP contribution in [0.5, 0.6) is 0 Å². The summed E-state index contributed by atoms with van der Waals surface area (Å²) in [5, 5.41) is 10.1. The van der Waals surface area contributed by atoms with Crippen LogP contribution in [-0.4, -0.2) is 23.3 Å². The van der Waals surface area contributed by atoms with Crippen molar-refractivity contribution in [1.82, 2.24) is 0 Å². The fourth-order valence-corrected chi connectivity index (χ4v) is 3.22. The average molecular weight is 325 g/mol. The molecule has 0 amide bonds. The van der Waals surface area contributed by atoms with Crippen LogP contribution in [0.1, 0.15) is 90.9 Å². The third-order valence-electron chi connectivity index (χ3n) is 4.79. The molecular weight excluding hydrogens is 288 g/mol. The number of esters is 1. The predicted octanol–water partition coefficient (Wildman–Crippen LogP) is 5.17. The largest absolute Gasteiger partial charge is 0.461 e. The van der Waals surface area contributed by atoms with Gasteiger partial charge < -0.3 is 9.84 Å². The van der Waals surface area contributed by atoms with E-state index in [1.807, 2.05) is 19.1 Å². The fourth-order valence-electron chi connectivity index (χ4n) is 3.22. The van der Waals surface area contributed by atoms with Gasteiger partial charge in [-0.25, -0.2) is 0 Å². The number of aliphatic hydroxyl groups is 1. The Kier molecular flexibility index (Phi) is 11.1. The Morgan fingerprint density at radius 1 is 1.09 bits per heavy atom. The number of allylic oxidation sites excluding steroid dienone is 2. The van der Waals surface area contributed by atoms with Gasteiger partial charge in [-0.2, -0.15) is 0 Å². The highest BCUT2D eigenvalue weighted by molar-refractivity contribution is 5.78. The Morgan fingerprint density at radius 3 is 2.26 bits per heavy atom. The Hall–Kier alpha value is -0.830. The summed E-state index contributed by atoms with van der Waals surface area (Å²) in [6, 6.07) is 0. The highest BCUT2D eigenvalue weighted by atomic mass is 16.6. The molecular formula is C20H36O3. The molecule has 1 aliphatic rings. The van der Waals surface area contributed by atoms with Crippen molar-refractivity contribution in [2.45, 2.75) is 103 Å². The number of ether oxygens (including phenoxy) is 1. The molecule has 3 heteroatoms. The topological polar surface area (TPSA) is 46.5 Å². The third-order valence-corrected chi connectivity index (χ3v) is 4.79. The smallest absolute Gasteiger partial charge is 0.313 e. The van der Waals surface area contributed by atoms with Crippen LogP contribution in [0.3, 0.4) is 0 Å². The highest BCUT2D eigenvalue weighted by Gasteiger charge is 2.41. The van der Waals surface area contributed by atoms with Gasteiger partial charge in [-0.15, -0.1) is 0 Å². The van der Waals surface area contributed by atoms with Crippen LogP contribution in [0, 0.1) is 5.92 Å². The molecule has 0 saturated carbocycles. The van der Waals surface area contributed by atoms with E-state index in [1.165, 1.54) is 51.4 Å². The predicted molar refractivity (Wildman–Crippen MR) is 95.3 cm³/mol. The zero-order valence-electron chi connectivity index (χ0n) is 15.1. The molecule has 0 spiro atoms. The van der Waals surface area contributed by atoms with Gasteiger partial charge in [0.1, 0.15) is 6.10 Å². The monoisotopic (exact) mass is 324 g/mol. The van der Waals surface area contributed by atoms with Crippen molar-refractivity contribution >= 4 is 5.97 Å². The Labute approximate surface area is 142 Å². The van der Waals surface area contributed by atoms with Crippen LogP contribution < -0.4 is 0 Å². The summed E-state index contributed by atoms with van der Waals surface area (Å²) in [4.78, 5) is 11.4. The van der Waals surface area contributed by atoms with E-state index >= 15 is 0 Å². The molecule has 23 heavy (non-hydrogen) atoms. The van der Waals surface area contributed by atoms with E-state index in [4.69, 9.17) is 4.74 Å². The van der Waals surface area contributed by atoms with Crippen LogP contribution in [0.2, 0.25) is 0 Å². The van der Waals surface area contributed by atoms with E-state index in [1.54, 1.807) is 0 Å². The van der Waals surface area contributed by atoms with Crippen molar-refractivity contribution in [2.24, 2.45) is 5.92 Å². The van der Waals surface area contributed by atoms with Crippen LogP contribution in [0.15, 0.2) is 12.2 Å². The summed E-state index contributed by atoms with van der Waals surface area (Å²) in [5.74, 6) is -0.146. The molecule has 0 aromatic heterocycles. The lowest BCUT2D eigenvalue weighted by Gasteiger charge is -2.35. The van der Waals surface area contributed by atoms with Gasteiger partial charge in [0.05, 0.1) is 12.0 Å². The summed E-state index contributed by atoms with van der Waals surface area (Å²) in [7, 11) is 0. The van der Waals surface area contributed by atoms with Crippen molar-refractivity contribution in [3.8, 4) is 0 Å². The molecule has 1 N–H and O–H groups in total. The molecule has 0 aromatic carbocycles. The van der Waals surface area contributed by atoms with Crippen molar-refractivity contribution in [3.05, 3.63) is 12.2 Å². The summed E-state index contributed by atoms with van der Waals surface area (Å²) in [6.07, 6.45) is 17.4. The first-order chi connectivity index (χ1) is 11.2. The second-order valence-electron chi connectivity index (χ2n) is 6.89. The van der Waals surface area contributed by atoms with Crippen LogP contribution in [-0.2, 0) is 9.53 Å². The van der Waals surface area contributed by atoms with E-state index in [0.717, 1.165) is 19.3 Å². The molecule has 1 saturated heterocycles. The molecule has 0 radical (unpaired) electrons. The molecule has 0 unspecified atom stereocenters. The maximum atomic E-state index is 11.4. The lowest BCUT2D eigenvalue weighted by molar-refractivity contribution is -0.187. The number of hydrogen-bond donors (Lipinski definition) is 1. The summed E-state index contributed by atoms with van der Waals surface area (Å²) in [5.41, 5.74) is 0. The van der Waals surface area contributed by atoms with E-state index in [-0.39, 0.29) is 24.1 Å². The van der Waals surface area contributed by atoms with Crippen molar-refractivity contribution in [1.29, 1.82) is 0 Å². The first-order valence-corrected chi connectivity index (χ1v) is 9.68. The molecule has 1 fully saturated rings. The molecule has 3 atom stereocenters. The van der Waals surface area contributed by atoms with Crippen molar-refractivity contribution < 1.29 is 14.6 Å². The number of rotatable bonds is 14. The van der Waals surface area contributed by atoms with Crippen LogP contribution in [0.25, 0.3) is 0 Å². The standard InChI is InChI=1S/C20H36O3/c1-3-5-7-8-9-10-11-12-13-14-17(21)16-19-18(15-6-4-2)20(22)23-19/h4,6,17-19,21H,3,5,7-16H2,1-2H3/b6-4+/t17-,18-,19-/m1/s1. The maximum absolute atomic E-state index is 11.4. The van der Waals surface area contributed by atoms with E-state index in [9.17, 15) is 9.90 Å². The molecule has 0 aromatic rings. The third kappa shape index (κ3) is 8.55. The minimum atomic E-state index is -0.328. The molecule has 3 nitrogen and oxygen atoms in total. The number of hydrogen-bond acceptors (Lipinski definition) is 3. The molecule has 0 bridgehead atoms. The quantitative estimate of drug-likeness (QED) is 0.272. The van der Waals surface area contributed by atoms with Gasteiger partial charge >= 0.3 is 5.97 Å². The Balaban J connectivity index is 1.98. The van der Waals surface area contributed by atoms with Gasteiger partial charge in [-0.05, 0) is 19.8 Å². The first kappa shape index (κ1) is 20.2. The van der Waals surface area contributed by atoms with Gasteiger partial charge in [-0.3, -0.25) is 4.79 Å². The summed E-state index contributed by atoms with van der Waals surface area (Å²) >= 11 is 0. The molecule has 1 aliphatic heterocycles. The molecule has 1 rings (SSSR count). The Bertz CT molecular complexity index is 338. The van der Waals surface area contributed by atoms with Crippen molar-refractivity contribution in [3.63, 3.8) is 0 Å². The molecule has 0 aliphatic carbocycles. The van der Waals surface area contributed by atoms with Gasteiger partial charge in [0.25, 0.3) is 0 Å². The summed E-state index contributed by atoms with van der Waals surface area (Å²) in [6.45, 7) is 4.20. The minimum absolute atomic E-state index is 0.0380.